The van der Waals surface area contributed by atoms with Crippen molar-refractivity contribution in [3.8, 4) is 5.75 Å². The molecular formula is C18H27NO3. The maximum atomic E-state index is 12.3. The van der Waals surface area contributed by atoms with Crippen molar-refractivity contribution in [1.29, 1.82) is 0 Å². The Labute approximate surface area is 132 Å². The van der Waals surface area contributed by atoms with E-state index in [4.69, 9.17) is 4.74 Å². The molecule has 0 spiro atoms. The van der Waals surface area contributed by atoms with Gasteiger partial charge in [-0.3, -0.25) is 4.79 Å². The van der Waals surface area contributed by atoms with E-state index in [0.29, 0.717) is 18.9 Å². The first kappa shape index (κ1) is 16.8. The highest BCUT2D eigenvalue weighted by Gasteiger charge is 2.25. The lowest BCUT2D eigenvalue weighted by atomic mass is 9.88. The van der Waals surface area contributed by atoms with Crippen LogP contribution >= 0.6 is 0 Å². The lowest BCUT2D eigenvalue weighted by molar-refractivity contribution is -0.139. The molecule has 1 amide bonds. The van der Waals surface area contributed by atoms with Gasteiger partial charge in [-0.2, -0.15) is 0 Å². The first-order valence-corrected chi connectivity index (χ1v) is 8.29. The van der Waals surface area contributed by atoms with E-state index in [0.717, 1.165) is 18.4 Å². The number of aromatic hydroxyl groups is 1. The number of ether oxygens (including phenoxy) is 1. The molecular weight excluding hydrogens is 278 g/mol. The predicted molar refractivity (Wildman–Crippen MR) is 86.5 cm³/mol. The molecule has 0 saturated heterocycles. The molecule has 1 aromatic carbocycles. The molecule has 3 atom stereocenters. The van der Waals surface area contributed by atoms with E-state index < -0.39 is 0 Å². The smallest absolute Gasteiger partial charge is 0.249 e. The molecule has 2 rings (SSSR count). The van der Waals surface area contributed by atoms with Crippen molar-refractivity contribution in [2.24, 2.45) is 5.92 Å². The number of carbonyl (C=O) groups excluding carboxylic acids is 1. The second-order valence-corrected chi connectivity index (χ2v) is 6.31. The molecule has 3 unspecified atom stereocenters. The van der Waals surface area contributed by atoms with Gasteiger partial charge in [0, 0.05) is 6.54 Å². The van der Waals surface area contributed by atoms with Crippen LogP contribution in [0.5, 0.6) is 5.75 Å². The average Bonchev–Trinajstić information content (AvgIpc) is 2.50. The number of amides is 1. The molecule has 4 nitrogen and oxygen atoms in total. The third-order valence-electron chi connectivity index (χ3n) is 4.29. The number of hydrogen-bond acceptors (Lipinski definition) is 3. The Hall–Kier alpha value is -1.55. The van der Waals surface area contributed by atoms with Crippen LogP contribution in [0.3, 0.4) is 0 Å². The van der Waals surface area contributed by atoms with Gasteiger partial charge in [0.2, 0.25) is 5.91 Å². The summed E-state index contributed by atoms with van der Waals surface area (Å²) in [4.78, 5) is 12.3. The summed E-state index contributed by atoms with van der Waals surface area (Å²) in [6.07, 6.45) is 5.06. The van der Waals surface area contributed by atoms with Gasteiger partial charge in [-0.15, -0.1) is 0 Å². The van der Waals surface area contributed by atoms with Gasteiger partial charge in [-0.25, -0.2) is 0 Å². The van der Waals surface area contributed by atoms with Crippen LogP contribution in [-0.2, 0) is 16.1 Å². The summed E-state index contributed by atoms with van der Waals surface area (Å²) < 4.78 is 6.02. The van der Waals surface area contributed by atoms with Crippen molar-refractivity contribution in [2.45, 2.75) is 64.7 Å². The van der Waals surface area contributed by atoms with Crippen molar-refractivity contribution in [3.63, 3.8) is 0 Å². The quantitative estimate of drug-likeness (QED) is 0.847. The van der Waals surface area contributed by atoms with E-state index in [2.05, 4.69) is 12.2 Å². The second kappa shape index (κ2) is 8.18. The van der Waals surface area contributed by atoms with Gasteiger partial charge in [0.1, 0.15) is 11.9 Å². The minimum Gasteiger partial charge on any atom is -0.508 e. The molecule has 0 radical (unpaired) electrons. The maximum Gasteiger partial charge on any atom is 0.249 e. The van der Waals surface area contributed by atoms with Crippen molar-refractivity contribution < 1.29 is 14.6 Å². The van der Waals surface area contributed by atoms with Gasteiger partial charge >= 0.3 is 0 Å². The first-order chi connectivity index (χ1) is 10.6. The van der Waals surface area contributed by atoms with Gasteiger partial charge < -0.3 is 15.2 Å². The Kier molecular flexibility index (Phi) is 6.25. The van der Waals surface area contributed by atoms with E-state index in [-0.39, 0.29) is 23.9 Å². The van der Waals surface area contributed by atoms with Crippen LogP contribution in [-0.4, -0.2) is 23.2 Å². The van der Waals surface area contributed by atoms with Crippen molar-refractivity contribution in [2.75, 3.05) is 0 Å². The molecule has 2 N–H and O–H groups in total. The molecule has 1 aliphatic rings. The summed E-state index contributed by atoms with van der Waals surface area (Å²) >= 11 is 0. The average molecular weight is 305 g/mol. The zero-order chi connectivity index (χ0) is 15.9. The molecule has 0 heterocycles. The largest absolute Gasteiger partial charge is 0.508 e. The summed E-state index contributed by atoms with van der Waals surface area (Å²) in [5.74, 6) is 0.835. The van der Waals surface area contributed by atoms with Gasteiger partial charge in [0.25, 0.3) is 0 Å². The predicted octanol–water partition coefficient (Wildman–Crippen LogP) is 3.38. The standard InChI is InChI=1S/C18H27NO3/c1-3-17(22-16-9-4-6-13(2)10-16)18(21)19-12-14-7-5-8-15(20)11-14/h5,7-8,11,13,16-17,20H,3-4,6,9-10,12H2,1-2H3,(H,19,21). The number of hydrogen-bond donors (Lipinski definition) is 2. The molecule has 1 aliphatic carbocycles. The molecule has 0 aliphatic heterocycles. The van der Waals surface area contributed by atoms with Crippen LogP contribution in [0.25, 0.3) is 0 Å². The topological polar surface area (TPSA) is 58.6 Å². The number of rotatable bonds is 6. The van der Waals surface area contributed by atoms with Gasteiger partial charge in [-0.05, 0) is 42.9 Å². The number of nitrogens with one attached hydrogen (secondary N) is 1. The Morgan fingerprint density at radius 2 is 2.27 bits per heavy atom. The highest BCUT2D eigenvalue weighted by molar-refractivity contribution is 5.80. The monoisotopic (exact) mass is 305 g/mol. The minimum absolute atomic E-state index is 0.0657. The van der Waals surface area contributed by atoms with E-state index in [9.17, 15) is 9.90 Å². The fraction of sp³-hybridized carbons (Fsp3) is 0.611. The Balaban J connectivity index is 1.83. The number of phenolic OH excluding ortho intramolecular Hbond substituents is 1. The second-order valence-electron chi connectivity index (χ2n) is 6.31. The van der Waals surface area contributed by atoms with Gasteiger partial charge in [-0.1, -0.05) is 38.8 Å². The van der Waals surface area contributed by atoms with Crippen LogP contribution < -0.4 is 5.32 Å². The molecule has 1 saturated carbocycles. The van der Waals surface area contributed by atoms with Gasteiger partial charge in [0.05, 0.1) is 6.10 Å². The van der Waals surface area contributed by atoms with Crippen molar-refractivity contribution in [3.05, 3.63) is 29.8 Å². The Bertz CT molecular complexity index is 489. The van der Waals surface area contributed by atoms with Crippen LogP contribution in [0.2, 0.25) is 0 Å². The highest BCUT2D eigenvalue weighted by Crippen LogP contribution is 2.27. The minimum atomic E-state index is -0.382. The van der Waals surface area contributed by atoms with E-state index >= 15 is 0 Å². The fourth-order valence-electron chi connectivity index (χ4n) is 3.05. The van der Waals surface area contributed by atoms with E-state index in [1.807, 2.05) is 13.0 Å². The Morgan fingerprint density at radius 3 is 2.95 bits per heavy atom. The Morgan fingerprint density at radius 1 is 1.45 bits per heavy atom. The molecule has 1 aromatic rings. The van der Waals surface area contributed by atoms with Crippen molar-refractivity contribution in [1.82, 2.24) is 5.32 Å². The third kappa shape index (κ3) is 5.02. The number of phenols is 1. The maximum absolute atomic E-state index is 12.3. The normalized spacial score (nSPS) is 23.0. The summed E-state index contributed by atoms with van der Waals surface area (Å²) in [5.41, 5.74) is 0.884. The van der Waals surface area contributed by atoms with Crippen LogP contribution in [0, 0.1) is 5.92 Å². The molecule has 0 bridgehead atoms. The fourth-order valence-corrected chi connectivity index (χ4v) is 3.05. The lowest BCUT2D eigenvalue weighted by Crippen LogP contribution is -2.39. The van der Waals surface area contributed by atoms with E-state index in [1.165, 1.54) is 12.8 Å². The SMILES string of the molecule is CCC(OC1CCCC(C)C1)C(=O)NCc1cccc(O)c1. The van der Waals surface area contributed by atoms with Crippen LogP contribution in [0.15, 0.2) is 24.3 Å². The van der Waals surface area contributed by atoms with Crippen LogP contribution in [0.4, 0.5) is 0 Å². The highest BCUT2D eigenvalue weighted by atomic mass is 16.5. The number of benzene rings is 1. The zero-order valence-corrected chi connectivity index (χ0v) is 13.5. The molecule has 22 heavy (non-hydrogen) atoms. The van der Waals surface area contributed by atoms with Crippen molar-refractivity contribution >= 4 is 5.91 Å². The molecule has 4 heteroatoms. The van der Waals surface area contributed by atoms with Crippen LogP contribution in [0.1, 0.15) is 51.5 Å². The molecule has 1 fully saturated rings. The summed E-state index contributed by atoms with van der Waals surface area (Å²) in [7, 11) is 0. The van der Waals surface area contributed by atoms with E-state index in [1.54, 1.807) is 18.2 Å². The summed E-state index contributed by atoms with van der Waals surface area (Å²) in [5, 5.41) is 12.3. The summed E-state index contributed by atoms with van der Waals surface area (Å²) in [6, 6.07) is 6.93. The summed E-state index contributed by atoms with van der Waals surface area (Å²) in [6.45, 7) is 4.64. The zero-order valence-electron chi connectivity index (χ0n) is 13.5. The molecule has 122 valence electrons. The molecule has 0 aromatic heterocycles. The lowest BCUT2D eigenvalue weighted by Gasteiger charge is -2.29. The third-order valence-corrected chi connectivity index (χ3v) is 4.29. The van der Waals surface area contributed by atoms with Gasteiger partial charge in [0.15, 0.2) is 0 Å². The first-order valence-electron chi connectivity index (χ1n) is 8.29. The number of carbonyl (C=O) groups is 1.